The lowest BCUT2D eigenvalue weighted by Crippen LogP contribution is -2.32. The molecule has 1 aromatic rings. The molecule has 5 heteroatoms. The zero-order valence-corrected chi connectivity index (χ0v) is 12.2. The Morgan fingerprint density at radius 3 is 2.58 bits per heavy atom. The SMILES string of the molecule is Cc1cc(C(N)=O)cc(N(C)CCC(N)C(C)C)n1. The number of primary amides is 1. The Kier molecular flexibility index (Phi) is 5.30. The van der Waals surface area contributed by atoms with Crippen LogP contribution in [0, 0.1) is 12.8 Å². The fourth-order valence-electron chi connectivity index (χ4n) is 1.78. The second-order valence-electron chi connectivity index (χ2n) is 5.34. The lowest BCUT2D eigenvalue weighted by atomic mass is 10.0. The molecule has 1 unspecified atom stereocenters. The Bertz CT molecular complexity index is 445. The van der Waals surface area contributed by atoms with Crippen molar-refractivity contribution >= 4 is 11.7 Å². The van der Waals surface area contributed by atoms with E-state index < -0.39 is 5.91 Å². The van der Waals surface area contributed by atoms with E-state index in [0.717, 1.165) is 24.5 Å². The molecule has 106 valence electrons. The van der Waals surface area contributed by atoms with Gasteiger partial charge < -0.3 is 16.4 Å². The Labute approximate surface area is 115 Å². The first-order valence-corrected chi connectivity index (χ1v) is 6.56. The van der Waals surface area contributed by atoms with Crippen molar-refractivity contribution in [1.82, 2.24) is 4.98 Å². The molecule has 0 saturated heterocycles. The molecule has 0 radical (unpaired) electrons. The Morgan fingerprint density at radius 1 is 1.42 bits per heavy atom. The molecule has 1 amide bonds. The highest BCUT2D eigenvalue weighted by atomic mass is 16.1. The van der Waals surface area contributed by atoms with Gasteiger partial charge in [-0.3, -0.25) is 4.79 Å². The highest BCUT2D eigenvalue weighted by molar-refractivity contribution is 5.93. The first-order chi connectivity index (χ1) is 8.81. The molecule has 0 aromatic carbocycles. The van der Waals surface area contributed by atoms with Gasteiger partial charge in [-0.15, -0.1) is 0 Å². The van der Waals surface area contributed by atoms with Crippen LogP contribution in [0.5, 0.6) is 0 Å². The van der Waals surface area contributed by atoms with Gasteiger partial charge in [-0.2, -0.15) is 0 Å². The average molecular weight is 264 g/mol. The molecule has 19 heavy (non-hydrogen) atoms. The van der Waals surface area contributed by atoms with Gasteiger partial charge in [0.15, 0.2) is 0 Å². The van der Waals surface area contributed by atoms with Crippen LogP contribution in [0.4, 0.5) is 5.82 Å². The molecular weight excluding hydrogens is 240 g/mol. The monoisotopic (exact) mass is 264 g/mol. The van der Waals surface area contributed by atoms with Crippen LogP contribution in [0.2, 0.25) is 0 Å². The number of aromatic nitrogens is 1. The number of hydrogen-bond donors (Lipinski definition) is 2. The fourth-order valence-corrected chi connectivity index (χ4v) is 1.78. The molecule has 0 aliphatic carbocycles. The second kappa shape index (κ2) is 6.52. The van der Waals surface area contributed by atoms with E-state index in [9.17, 15) is 4.79 Å². The molecule has 0 bridgehead atoms. The van der Waals surface area contributed by atoms with Gasteiger partial charge in [0.2, 0.25) is 5.91 Å². The van der Waals surface area contributed by atoms with Crippen LogP contribution in [0.15, 0.2) is 12.1 Å². The zero-order chi connectivity index (χ0) is 14.6. The molecule has 1 atom stereocenters. The Balaban J connectivity index is 2.76. The smallest absolute Gasteiger partial charge is 0.248 e. The van der Waals surface area contributed by atoms with Crippen LogP contribution in [-0.2, 0) is 0 Å². The number of nitrogens with zero attached hydrogens (tertiary/aromatic N) is 2. The summed E-state index contributed by atoms with van der Waals surface area (Å²) in [6.07, 6.45) is 0.885. The summed E-state index contributed by atoms with van der Waals surface area (Å²) in [4.78, 5) is 17.7. The average Bonchev–Trinajstić information content (AvgIpc) is 2.34. The van der Waals surface area contributed by atoms with Crippen molar-refractivity contribution in [2.75, 3.05) is 18.5 Å². The summed E-state index contributed by atoms with van der Waals surface area (Å²) in [5.74, 6) is 0.781. The van der Waals surface area contributed by atoms with Crippen LogP contribution >= 0.6 is 0 Å². The maximum atomic E-state index is 11.2. The molecule has 0 saturated carbocycles. The predicted octanol–water partition coefficient (Wildman–Crippen LogP) is 1.30. The highest BCUT2D eigenvalue weighted by Crippen LogP contribution is 2.15. The number of amides is 1. The third-order valence-electron chi connectivity index (χ3n) is 3.27. The number of anilines is 1. The van der Waals surface area contributed by atoms with Crippen LogP contribution in [0.3, 0.4) is 0 Å². The van der Waals surface area contributed by atoms with E-state index in [1.807, 2.05) is 18.9 Å². The number of aryl methyl sites for hydroxylation is 1. The van der Waals surface area contributed by atoms with E-state index in [1.54, 1.807) is 12.1 Å². The number of rotatable bonds is 6. The third kappa shape index (κ3) is 4.52. The standard InChI is InChI=1S/C14H24N4O/c1-9(2)12(15)5-6-18(4)13-8-11(14(16)19)7-10(3)17-13/h7-9,12H,5-6,15H2,1-4H3,(H2,16,19). The summed E-state index contributed by atoms with van der Waals surface area (Å²) in [6, 6.07) is 3.58. The summed E-state index contributed by atoms with van der Waals surface area (Å²) in [5, 5.41) is 0. The fraction of sp³-hybridized carbons (Fsp3) is 0.571. The lowest BCUT2D eigenvalue weighted by molar-refractivity contribution is 0.1000. The molecule has 0 spiro atoms. The van der Waals surface area contributed by atoms with Gasteiger partial charge in [-0.1, -0.05) is 13.8 Å². The molecule has 0 fully saturated rings. The minimum absolute atomic E-state index is 0.169. The van der Waals surface area contributed by atoms with Crippen molar-refractivity contribution in [1.29, 1.82) is 0 Å². The molecule has 1 aromatic heterocycles. The largest absolute Gasteiger partial charge is 0.366 e. The van der Waals surface area contributed by atoms with E-state index in [-0.39, 0.29) is 6.04 Å². The van der Waals surface area contributed by atoms with E-state index in [2.05, 4.69) is 18.8 Å². The quantitative estimate of drug-likeness (QED) is 0.811. The van der Waals surface area contributed by atoms with Crippen molar-refractivity contribution in [2.45, 2.75) is 33.2 Å². The van der Waals surface area contributed by atoms with Gasteiger partial charge >= 0.3 is 0 Å². The van der Waals surface area contributed by atoms with Crippen LogP contribution in [0.25, 0.3) is 0 Å². The van der Waals surface area contributed by atoms with E-state index in [1.165, 1.54) is 0 Å². The van der Waals surface area contributed by atoms with Crippen molar-refractivity contribution < 1.29 is 4.79 Å². The van der Waals surface area contributed by atoms with Gasteiger partial charge in [0, 0.05) is 30.9 Å². The minimum Gasteiger partial charge on any atom is -0.366 e. The summed E-state index contributed by atoms with van der Waals surface area (Å²) in [5.41, 5.74) is 12.6. The van der Waals surface area contributed by atoms with Crippen LogP contribution in [-0.4, -0.2) is 30.5 Å². The Morgan fingerprint density at radius 2 is 2.05 bits per heavy atom. The van der Waals surface area contributed by atoms with Crippen molar-refractivity contribution in [3.8, 4) is 0 Å². The van der Waals surface area contributed by atoms with Crippen molar-refractivity contribution in [3.05, 3.63) is 23.4 Å². The summed E-state index contributed by atoms with van der Waals surface area (Å²) in [7, 11) is 1.94. The first-order valence-electron chi connectivity index (χ1n) is 6.56. The van der Waals surface area contributed by atoms with E-state index in [4.69, 9.17) is 11.5 Å². The Hall–Kier alpha value is -1.62. The molecule has 0 aliphatic rings. The molecule has 1 rings (SSSR count). The summed E-state index contributed by atoms with van der Waals surface area (Å²) < 4.78 is 0. The summed E-state index contributed by atoms with van der Waals surface area (Å²) in [6.45, 7) is 6.87. The van der Waals surface area contributed by atoms with Gasteiger partial charge in [0.05, 0.1) is 0 Å². The molecule has 4 N–H and O–H groups in total. The molecule has 0 aliphatic heterocycles. The zero-order valence-electron chi connectivity index (χ0n) is 12.2. The second-order valence-corrected chi connectivity index (χ2v) is 5.34. The van der Waals surface area contributed by atoms with E-state index in [0.29, 0.717) is 11.5 Å². The third-order valence-corrected chi connectivity index (χ3v) is 3.27. The molecule has 1 heterocycles. The van der Waals surface area contributed by atoms with Crippen LogP contribution in [0.1, 0.15) is 36.3 Å². The molecule has 5 nitrogen and oxygen atoms in total. The normalized spacial score (nSPS) is 12.5. The highest BCUT2D eigenvalue weighted by Gasteiger charge is 2.12. The minimum atomic E-state index is -0.431. The summed E-state index contributed by atoms with van der Waals surface area (Å²) >= 11 is 0. The maximum absolute atomic E-state index is 11.2. The van der Waals surface area contributed by atoms with Crippen LogP contribution < -0.4 is 16.4 Å². The van der Waals surface area contributed by atoms with Crippen molar-refractivity contribution in [3.63, 3.8) is 0 Å². The predicted molar refractivity (Wildman–Crippen MR) is 78.2 cm³/mol. The number of carbonyl (C=O) groups excluding carboxylic acids is 1. The van der Waals surface area contributed by atoms with Gasteiger partial charge in [-0.25, -0.2) is 4.98 Å². The lowest BCUT2D eigenvalue weighted by Gasteiger charge is -2.22. The van der Waals surface area contributed by atoms with Crippen molar-refractivity contribution in [2.24, 2.45) is 17.4 Å². The van der Waals surface area contributed by atoms with Gasteiger partial charge in [0.25, 0.3) is 0 Å². The maximum Gasteiger partial charge on any atom is 0.248 e. The number of pyridine rings is 1. The first kappa shape index (κ1) is 15.4. The van der Waals surface area contributed by atoms with E-state index >= 15 is 0 Å². The molecular formula is C14H24N4O. The van der Waals surface area contributed by atoms with Gasteiger partial charge in [-0.05, 0) is 31.4 Å². The number of nitrogens with two attached hydrogens (primary N) is 2. The topological polar surface area (TPSA) is 85.2 Å². The van der Waals surface area contributed by atoms with Gasteiger partial charge in [0.1, 0.15) is 5.82 Å². The number of hydrogen-bond acceptors (Lipinski definition) is 4. The number of carbonyl (C=O) groups is 1.